The van der Waals surface area contributed by atoms with Gasteiger partial charge in [0.15, 0.2) is 0 Å². The van der Waals surface area contributed by atoms with Crippen molar-refractivity contribution in [3.8, 4) is 11.1 Å². The molecule has 248 valence electrons. The van der Waals surface area contributed by atoms with Crippen LogP contribution < -0.4 is 0 Å². The normalized spacial score (nSPS) is 13.8. The second kappa shape index (κ2) is 15.6. The van der Waals surface area contributed by atoms with Crippen molar-refractivity contribution in [3.63, 3.8) is 0 Å². The zero-order chi connectivity index (χ0) is 33.3. The number of nitrogens with zero attached hydrogens (tertiary/aromatic N) is 5. The molecule has 1 aliphatic heterocycles. The number of hydrogen-bond acceptors (Lipinski definition) is 5. The molecule has 9 heteroatoms. The fourth-order valence-electron chi connectivity index (χ4n) is 6.35. The minimum absolute atomic E-state index is 0.0419. The van der Waals surface area contributed by atoms with Gasteiger partial charge in [-0.05, 0) is 46.7 Å². The van der Waals surface area contributed by atoms with Gasteiger partial charge in [0, 0.05) is 64.5 Å². The third-order valence-corrected chi connectivity index (χ3v) is 9.05. The molecular formula is C39H43N5O4. The number of amides is 2. The number of aromatic nitrogens is 3. The van der Waals surface area contributed by atoms with Gasteiger partial charge in [0.1, 0.15) is 6.61 Å². The lowest BCUT2D eigenvalue weighted by atomic mass is 9.97. The molecule has 48 heavy (non-hydrogen) atoms. The summed E-state index contributed by atoms with van der Waals surface area (Å²) in [4.78, 5) is 34.4. The Bertz CT molecular complexity index is 1850. The van der Waals surface area contributed by atoms with Gasteiger partial charge in [-0.2, -0.15) is 0 Å². The summed E-state index contributed by atoms with van der Waals surface area (Å²) >= 11 is 0. The number of piperidine rings is 1. The summed E-state index contributed by atoms with van der Waals surface area (Å²) < 4.78 is 15.0. The van der Waals surface area contributed by atoms with Gasteiger partial charge in [-0.3, -0.25) is 4.79 Å². The van der Waals surface area contributed by atoms with Crippen molar-refractivity contribution in [2.24, 2.45) is 5.92 Å². The number of carbonyl (C=O) groups excluding carboxylic acids is 2. The summed E-state index contributed by atoms with van der Waals surface area (Å²) in [7, 11) is 3.46. The standard InChI is InChI=1S/C39H43N5O4/c1-41(21-23-47-2)38(45)37-28-42(27-36(37)35-16-8-14-32-13-6-7-15-34(32)35)26-33-24-40-29-44(33)25-31-17-19-43(20-18-31)39(46)48-22-9-12-30-10-4-3-5-11-30/h3-16,24,27-29,31H,17-23,25-26H2,1-2H3. The largest absolute Gasteiger partial charge is 0.445 e. The van der Waals surface area contributed by atoms with Crippen molar-refractivity contribution >= 4 is 28.8 Å². The van der Waals surface area contributed by atoms with Crippen LogP contribution in [0.2, 0.25) is 0 Å². The monoisotopic (exact) mass is 645 g/mol. The van der Waals surface area contributed by atoms with Crippen LogP contribution in [0, 0.1) is 5.92 Å². The number of imidazole rings is 1. The summed E-state index contributed by atoms with van der Waals surface area (Å²) in [5.41, 5.74) is 4.73. The van der Waals surface area contributed by atoms with Gasteiger partial charge in [-0.1, -0.05) is 78.9 Å². The quantitative estimate of drug-likeness (QED) is 0.149. The van der Waals surface area contributed by atoms with Crippen LogP contribution in [0.15, 0.2) is 104 Å². The Balaban J connectivity index is 1.11. The molecule has 0 saturated carbocycles. The minimum Gasteiger partial charge on any atom is -0.445 e. The van der Waals surface area contributed by atoms with E-state index >= 15 is 0 Å². The highest BCUT2D eigenvalue weighted by atomic mass is 16.6. The number of benzene rings is 3. The number of likely N-dealkylation sites (tertiary alicyclic amines) is 1. The Morgan fingerprint density at radius 1 is 0.958 bits per heavy atom. The van der Waals surface area contributed by atoms with Crippen LogP contribution in [0.5, 0.6) is 0 Å². The first-order valence-corrected chi connectivity index (χ1v) is 16.5. The minimum atomic E-state index is -0.262. The lowest BCUT2D eigenvalue weighted by Crippen LogP contribution is -2.39. The second-order valence-corrected chi connectivity index (χ2v) is 12.4. The average molecular weight is 646 g/mol. The first kappa shape index (κ1) is 32.8. The zero-order valence-corrected chi connectivity index (χ0v) is 27.7. The Kier molecular flexibility index (Phi) is 10.7. The first-order chi connectivity index (χ1) is 23.5. The number of likely N-dealkylation sites (N-methyl/N-ethyl adjacent to an activating group) is 1. The Morgan fingerprint density at radius 2 is 1.73 bits per heavy atom. The number of fused-ring (bicyclic) bond motifs is 1. The van der Waals surface area contributed by atoms with E-state index in [0.717, 1.165) is 52.5 Å². The van der Waals surface area contributed by atoms with Crippen molar-refractivity contribution in [1.82, 2.24) is 23.9 Å². The van der Waals surface area contributed by atoms with E-state index in [1.807, 2.05) is 86.5 Å². The van der Waals surface area contributed by atoms with E-state index < -0.39 is 0 Å². The van der Waals surface area contributed by atoms with E-state index in [4.69, 9.17) is 9.47 Å². The molecule has 5 aromatic rings. The molecule has 0 radical (unpaired) electrons. The smallest absolute Gasteiger partial charge is 0.410 e. The molecule has 3 aromatic carbocycles. The van der Waals surface area contributed by atoms with Crippen LogP contribution >= 0.6 is 0 Å². The number of carbonyl (C=O) groups is 2. The van der Waals surface area contributed by atoms with Gasteiger partial charge < -0.3 is 28.4 Å². The molecule has 0 bridgehead atoms. The molecule has 2 aromatic heterocycles. The van der Waals surface area contributed by atoms with Crippen LogP contribution in [0.3, 0.4) is 0 Å². The van der Waals surface area contributed by atoms with Crippen molar-refractivity contribution < 1.29 is 19.1 Å². The van der Waals surface area contributed by atoms with E-state index in [0.29, 0.717) is 44.3 Å². The molecule has 0 unspecified atom stereocenters. The number of hydrogen-bond donors (Lipinski definition) is 0. The summed E-state index contributed by atoms with van der Waals surface area (Å²) in [6.07, 6.45) is 13.2. The van der Waals surface area contributed by atoms with Crippen LogP contribution in [-0.4, -0.2) is 82.9 Å². The van der Waals surface area contributed by atoms with Crippen molar-refractivity contribution in [1.29, 1.82) is 0 Å². The van der Waals surface area contributed by atoms with E-state index in [2.05, 4.69) is 44.6 Å². The highest BCUT2D eigenvalue weighted by Crippen LogP contribution is 2.33. The van der Waals surface area contributed by atoms with Gasteiger partial charge in [-0.25, -0.2) is 9.78 Å². The lowest BCUT2D eigenvalue weighted by Gasteiger charge is -2.31. The summed E-state index contributed by atoms with van der Waals surface area (Å²) in [6.45, 7) is 3.97. The number of methoxy groups -OCH3 is 1. The molecule has 0 aliphatic carbocycles. The van der Waals surface area contributed by atoms with Gasteiger partial charge in [-0.15, -0.1) is 0 Å². The highest BCUT2D eigenvalue weighted by Gasteiger charge is 2.25. The first-order valence-electron chi connectivity index (χ1n) is 16.5. The van der Waals surface area contributed by atoms with Gasteiger partial charge in [0.2, 0.25) is 0 Å². The molecule has 9 nitrogen and oxygen atoms in total. The molecule has 2 amide bonds. The highest BCUT2D eigenvalue weighted by molar-refractivity contribution is 6.06. The molecule has 1 aliphatic rings. The summed E-state index contributed by atoms with van der Waals surface area (Å²) in [5, 5.41) is 2.24. The fraction of sp³-hybridized carbons (Fsp3) is 0.308. The van der Waals surface area contributed by atoms with Crippen molar-refractivity contribution in [2.45, 2.75) is 25.9 Å². The van der Waals surface area contributed by atoms with Crippen LogP contribution in [-0.2, 0) is 22.6 Å². The van der Waals surface area contributed by atoms with Crippen LogP contribution in [0.4, 0.5) is 4.79 Å². The average Bonchev–Trinajstić information content (AvgIpc) is 3.75. The van der Waals surface area contributed by atoms with E-state index in [9.17, 15) is 9.59 Å². The maximum absolute atomic E-state index is 13.7. The summed E-state index contributed by atoms with van der Waals surface area (Å²) in [6, 6.07) is 24.5. The Hall–Kier alpha value is -5.15. The SMILES string of the molecule is COCCN(C)C(=O)c1cn(Cc2cncn2CC2CCN(C(=O)OCC=Cc3ccccc3)CC2)cc1-c1cccc2ccccc12. The molecule has 0 spiro atoms. The third kappa shape index (κ3) is 7.86. The van der Waals surface area contributed by atoms with E-state index in [1.54, 1.807) is 16.9 Å². The molecule has 6 rings (SSSR count). The van der Waals surface area contributed by atoms with Crippen LogP contribution in [0.1, 0.15) is 34.5 Å². The molecule has 0 N–H and O–H groups in total. The molecule has 0 atom stereocenters. The number of rotatable bonds is 12. The maximum Gasteiger partial charge on any atom is 0.410 e. The predicted molar refractivity (Wildman–Crippen MR) is 189 cm³/mol. The zero-order valence-electron chi connectivity index (χ0n) is 27.7. The topological polar surface area (TPSA) is 81.8 Å². The van der Waals surface area contributed by atoms with E-state index in [1.165, 1.54) is 0 Å². The maximum atomic E-state index is 13.7. The van der Waals surface area contributed by atoms with Crippen molar-refractivity contribution in [3.05, 3.63) is 121 Å². The molecule has 1 saturated heterocycles. The molecule has 1 fully saturated rings. The Morgan fingerprint density at radius 3 is 2.54 bits per heavy atom. The molecule has 3 heterocycles. The van der Waals surface area contributed by atoms with Crippen LogP contribution in [0.25, 0.3) is 28.0 Å². The van der Waals surface area contributed by atoms with Gasteiger partial charge >= 0.3 is 6.09 Å². The van der Waals surface area contributed by atoms with Crippen molar-refractivity contribution in [2.75, 3.05) is 47.0 Å². The fourth-order valence-corrected chi connectivity index (χ4v) is 6.35. The lowest BCUT2D eigenvalue weighted by molar-refractivity contribution is 0.0744. The summed E-state index contributed by atoms with van der Waals surface area (Å²) in [5.74, 6) is 0.377. The van der Waals surface area contributed by atoms with Gasteiger partial charge in [0.05, 0.1) is 30.7 Å². The molecular weight excluding hydrogens is 602 g/mol. The van der Waals surface area contributed by atoms with E-state index in [-0.39, 0.29) is 18.6 Å². The predicted octanol–water partition coefficient (Wildman–Crippen LogP) is 6.83. The van der Waals surface area contributed by atoms with Gasteiger partial charge in [0.25, 0.3) is 5.91 Å². The third-order valence-electron chi connectivity index (χ3n) is 9.05. The number of ether oxygens (including phenoxy) is 2. The second-order valence-electron chi connectivity index (χ2n) is 12.4. The Labute approximate surface area is 282 Å².